The molecule has 1 N–H and O–H groups in total. The van der Waals surface area contributed by atoms with Crippen LogP contribution in [0.1, 0.15) is 31.0 Å². The summed E-state index contributed by atoms with van der Waals surface area (Å²) in [5, 5.41) is 11.5. The summed E-state index contributed by atoms with van der Waals surface area (Å²) in [6.07, 6.45) is -0.0128. The lowest BCUT2D eigenvalue weighted by Crippen LogP contribution is -2.33. The number of aliphatic hydroxyl groups excluding tert-OH is 1. The molecule has 8 heteroatoms. The number of ether oxygens (including phenoxy) is 2. The molecule has 0 saturated carbocycles. The molecule has 7 nitrogen and oxygen atoms in total. The van der Waals surface area contributed by atoms with E-state index in [4.69, 9.17) is 21.1 Å². The van der Waals surface area contributed by atoms with Crippen LogP contribution in [-0.2, 0) is 14.3 Å². The fourth-order valence-corrected chi connectivity index (χ4v) is 3.96. The lowest BCUT2D eigenvalue weighted by Gasteiger charge is -2.26. The predicted molar refractivity (Wildman–Crippen MR) is 129 cm³/mol. The molecule has 2 aromatic rings. The van der Waals surface area contributed by atoms with E-state index in [1.165, 1.54) is 12.0 Å². The number of methoxy groups -OCH3 is 1. The van der Waals surface area contributed by atoms with E-state index in [1.54, 1.807) is 18.2 Å². The number of rotatable bonds is 8. The second kappa shape index (κ2) is 10.3. The zero-order valence-electron chi connectivity index (χ0n) is 19.5. The summed E-state index contributed by atoms with van der Waals surface area (Å²) in [5.74, 6) is -1.34. The molecule has 0 aliphatic carbocycles. The minimum Gasteiger partial charge on any atom is -0.507 e. The molecule has 1 aliphatic heterocycles. The largest absolute Gasteiger partial charge is 0.507 e. The molecule has 0 radical (unpaired) electrons. The van der Waals surface area contributed by atoms with E-state index in [-0.39, 0.29) is 30.6 Å². The summed E-state index contributed by atoms with van der Waals surface area (Å²) in [7, 11) is 5.32. The van der Waals surface area contributed by atoms with Crippen molar-refractivity contribution in [1.82, 2.24) is 4.90 Å². The van der Waals surface area contributed by atoms with Gasteiger partial charge in [-0.05, 0) is 49.7 Å². The van der Waals surface area contributed by atoms with Crippen molar-refractivity contribution in [3.05, 3.63) is 64.2 Å². The maximum absolute atomic E-state index is 13.1. The smallest absolute Gasteiger partial charge is 0.295 e. The Balaban J connectivity index is 2.11. The van der Waals surface area contributed by atoms with Crippen molar-refractivity contribution < 1.29 is 24.2 Å². The van der Waals surface area contributed by atoms with Crippen molar-refractivity contribution in [2.45, 2.75) is 26.0 Å². The summed E-state index contributed by atoms with van der Waals surface area (Å²) in [4.78, 5) is 29.5. The third kappa shape index (κ3) is 5.15. The summed E-state index contributed by atoms with van der Waals surface area (Å²) < 4.78 is 10.9. The number of amides is 1. The lowest BCUT2D eigenvalue weighted by atomic mass is 9.95. The van der Waals surface area contributed by atoms with Crippen molar-refractivity contribution in [3.8, 4) is 5.75 Å². The molecule has 33 heavy (non-hydrogen) atoms. The van der Waals surface area contributed by atoms with Gasteiger partial charge in [0.1, 0.15) is 11.5 Å². The fourth-order valence-electron chi connectivity index (χ4n) is 3.76. The summed E-state index contributed by atoms with van der Waals surface area (Å²) in [5.41, 5.74) is 2.04. The van der Waals surface area contributed by atoms with Gasteiger partial charge < -0.3 is 24.4 Å². The molecule has 0 bridgehead atoms. The number of anilines is 1. The Hall–Kier alpha value is -3.03. The highest BCUT2D eigenvalue weighted by atomic mass is 35.5. The number of carbonyl (C=O) groups excluding carboxylic acids is 2. The van der Waals surface area contributed by atoms with Gasteiger partial charge in [0.2, 0.25) is 0 Å². The molecule has 0 aromatic heterocycles. The molecule has 1 unspecified atom stereocenters. The molecule has 1 fully saturated rings. The molecule has 3 rings (SSSR count). The zero-order valence-corrected chi connectivity index (χ0v) is 20.2. The minimum atomic E-state index is -0.751. The van der Waals surface area contributed by atoms with Gasteiger partial charge in [-0.25, -0.2) is 0 Å². The average molecular weight is 473 g/mol. The standard InChI is InChI=1S/C25H29ClN2O5/c1-15(2)33-13-12-28-22(16-6-9-18(10-7-16)27(3)4)21(24(30)25(28)31)23(29)17-8-11-19(26)20(14-17)32-5/h6-11,14-15,22,29H,12-13H2,1-5H3/b23-21-. The van der Waals surface area contributed by atoms with E-state index >= 15 is 0 Å². The van der Waals surface area contributed by atoms with Crippen LogP contribution in [0.5, 0.6) is 5.75 Å². The molecule has 0 spiro atoms. The van der Waals surface area contributed by atoms with Crippen LogP contribution in [0, 0.1) is 0 Å². The van der Waals surface area contributed by atoms with Gasteiger partial charge in [-0.3, -0.25) is 9.59 Å². The van der Waals surface area contributed by atoms with Crippen molar-refractivity contribution in [1.29, 1.82) is 0 Å². The van der Waals surface area contributed by atoms with Gasteiger partial charge in [-0.15, -0.1) is 0 Å². The number of carbonyl (C=O) groups is 2. The third-order valence-corrected chi connectivity index (χ3v) is 5.79. The molecule has 1 aliphatic rings. The Morgan fingerprint density at radius 3 is 2.39 bits per heavy atom. The van der Waals surface area contributed by atoms with E-state index < -0.39 is 17.7 Å². The van der Waals surface area contributed by atoms with Crippen LogP contribution in [-0.4, -0.2) is 62.2 Å². The molecule has 176 valence electrons. The first-order valence-electron chi connectivity index (χ1n) is 10.7. The van der Waals surface area contributed by atoms with E-state index in [1.807, 2.05) is 57.1 Å². The molecule has 1 heterocycles. The summed E-state index contributed by atoms with van der Waals surface area (Å²) >= 11 is 6.11. The van der Waals surface area contributed by atoms with Crippen LogP contribution in [0.25, 0.3) is 5.76 Å². The van der Waals surface area contributed by atoms with E-state index in [9.17, 15) is 14.7 Å². The van der Waals surface area contributed by atoms with Crippen LogP contribution in [0.4, 0.5) is 5.69 Å². The van der Waals surface area contributed by atoms with Crippen molar-refractivity contribution in [3.63, 3.8) is 0 Å². The van der Waals surface area contributed by atoms with E-state index in [0.717, 1.165) is 5.69 Å². The molecule has 1 amide bonds. The fraction of sp³-hybridized carbons (Fsp3) is 0.360. The SMILES string of the molecule is COc1cc(/C(O)=C2/C(=O)C(=O)N(CCOC(C)C)C2c2ccc(N(C)C)cc2)ccc1Cl. The number of likely N-dealkylation sites (tertiary alicyclic amines) is 1. The quantitative estimate of drug-likeness (QED) is 0.351. The topological polar surface area (TPSA) is 79.3 Å². The van der Waals surface area contributed by atoms with Crippen LogP contribution < -0.4 is 9.64 Å². The van der Waals surface area contributed by atoms with Gasteiger partial charge in [0.25, 0.3) is 11.7 Å². The number of ketones is 1. The van der Waals surface area contributed by atoms with Gasteiger partial charge in [0.15, 0.2) is 0 Å². The number of Topliss-reactive ketones (excluding diaryl/α,β-unsaturated/α-hetero) is 1. The van der Waals surface area contributed by atoms with Crippen LogP contribution in [0.15, 0.2) is 48.0 Å². The highest BCUT2D eigenvalue weighted by molar-refractivity contribution is 6.46. The number of aliphatic hydroxyl groups is 1. The van der Waals surface area contributed by atoms with Gasteiger partial charge in [0.05, 0.1) is 36.5 Å². The molecule has 2 aromatic carbocycles. The molecular formula is C25H29ClN2O5. The Morgan fingerprint density at radius 2 is 1.82 bits per heavy atom. The zero-order chi connectivity index (χ0) is 24.3. The Kier molecular flexibility index (Phi) is 7.66. The lowest BCUT2D eigenvalue weighted by molar-refractivity contribution is -0.140. The van der Waals surface area contributed by atoms with Gasteiger partial charge >= 0.3 is 0 Å². The van der Waals surface area contributed by atoms with Crippen molar-refractivity contribution in [2.75, 3.05) is 39.3 Å². The Bertz CT molecular complexity index is 1060. The van der Waals surface area contributed by atoms with E-state index in [0.29, 0.717) is 21.9 Å². The molecule has 1 atom stereocenters. The number of hydrogen-bond acceptors (Lipinski definition) is 6. The number of nitrogens with zero attached hydrogens (tertiary/aromatic N) is 2. The number of benzene rings is 2. The highest BCUT2D eigenvalue weighted by Gasteiger charge is 2.46. The molecular weight excluding hydrogens is 444 g/mol. The van der Waals surface area contributed by atoms with Crippen molar-refractivity contribution in [2.24, 2.45) is 0 Å². The van der Waals surface area contributed by atoms with E-state index in [2.05, 4.69) is 0 Å². The monoisotopic (exact) mass is 472 g/mol. The van der Waals surface area contributed by atoms with Crippen LogP contribution in [0.3, 0.4) is 0 Å². The number of halogens is 1. The first-order valence-corrected chi connectivity index (χ1v) is 11.0. The average Bonchev–Trinajstić information content (AvgIpc) is 3.03. The maximum Gasteiger partial charge on any atom is 0.295 e. The first-order chi connectivity index (χ1) is 15.6. The van der Waals surface area contributed by atoms with Gasteiger partial charge in [-0.2, -0.15) is 0 Å². The number of hydrogen-bond donors (Lipinski definition) is 1. The normalized spacial score (nSPS) is 17.7. The Morgan fingerprint density at radius 1 is 1.15 bits per heavy atom. The summed E-state index contributed by atoms with van der Waals surface area (Å²) in [6, 6.07) is 11.5. The minimum absolute atomic E-state index is 0.0128. The Labute approximate surface area is 199 Å². The van der Waals surface area contributed by atoms with Gasteiger partial charge in [0, 0.05) is 31.9 Å². The second-order valence-corrected chi connectivity index (χ2v) is 8.65. The van der Waals surface area contributed by atoms with Crippen molar-refractivity contribution >= 4 is 34.7 Å². The van der Waals surface area contributed by atoms with Gasteiger partial charge in [-0.1, -0.05) is 23.7 Å². The predicted octanol–water partition coefficient (Wildman–Crippen LogP) is 4.26. The first kappa shape index (κ1) is 24.6. The highest BCUT2D eigenvalue weighted by Crippen LogP contribution is 2.40. The van der Waals surface area contributed by atoms with Crippen LogP contribution >= 0.6 is 11.6 Å². The third-order valence-electron chi connectivity index (χ3n) is 5.47. The second-order valence-electron chi connectivity index (χ2n) is 8.25. The maximum atomic E-state index is 13.1. The summed E-state index contributed by atoms with van der Waals surface area (Å²) in [6.45, 7) is 4.29. The molecule has 1 saturated heterocycles. The van der Waals surface area contributed by atoms with Crippen LogP contribution in [0.2, 0.25) is 5.02 Å².